The van der Waals surface area contributed by atoms with Crippen molar-refractivity contribution in [1.29, 1.82) is 0 Å². The van der Waals surface area contributed by atoms with Crippen molar-refractivity contribution in [2.45, 2.75) is 12.6 Å². The Labute approximate surface area is 158 Å². The van der Waals surface area contributed by atoms with E-state index < -0.39 is 11.9 Å². The molecule has 27 heavy (non-hydrogen) atoms. The van der Waals surface area contributed by atoms with E-state index in [0.717, 1.165) is 22.3 Å². The third-order valence-corrected chi connectivity index (χ3v) is 5.43. The summed E-state index contributed by atoms with van der Waals surface area (Å²) in [5.41, 5.74) is 0.610. The second-order valence-corrected chi connectivity index (χ2v) is 7.47. The number of rotatable bonds is 5. The Morgan fingerprint density at radius 2 is 1.89 bits per heavy atom. The van der Waals surface area contributed by atoms with Gasteiger partial charge in [-0.2, -0.15) is 13.2 Å². The number of aromatic nitrogens is 4. The third kappa shape index (κ3) is 3.93. The lowest BCUT2D eigenvalue weighted by Gasteiger charge is -2.01. The molecule has 3 aromatic heterocycles. The van der Waals surface area contributed by atoms with Gasteiger partial charge in [0.1, 0.15) is 5.82 Å². The number of nitrogens with zero attached hydrogens (tertiary/aromatic N) is 4. The maximum Gasteiger partial charge on any atom is 0.434 e. The first-order chi connectivity index (χ1) is 12.9. The van der Waals surface area contributed by atoms with E-state index in [1.807, 2.05) is 0 Å². The number of thiazole rings is 1. The number of nitrogens with one attached hydrogen (secondary N) is 1. The van der Waals surface area contributed by atoms with Gasteiger partial charge < -0.3 is 5.32 Å². The highest BCUT2D eigenvalue weighted by Gasteiger charge is 2.33. The lowest BCUT2D eigenvalue weighted by Crippen LogP contribution is -2.07. The van der Waals surface area contributed by atoms with Crippen molar-refractivity contribution in [2.75, 3.05) is 11.9 Å². The summed E-state index contributed by atoms with van der Waals surface area (Å²) in [4.78, 5) is 8.70. The van der Waals surface area contributed by atoms with Crippen molar-refractivity contribution < 1.29 is 17.6 Å². The minimum atomic E-state index is -4.41. The number of halogens is 4. The van der Waals surface area contributed by atoms with Crippen molar-refractivity contribution in [3.05, 3.63) is 52.4 Å². The average molecular weight is 413 g/mol. The summed E-state index contributed by atoms with van der Waals surface area (Å²) in [7, 11) is 0. The minimum absolute atomic E-state index is 0.313. The molecule has 11 heteroatoms. The van der Waals surface area contributed by atoms with Gasteiger partial charge in [0.15, 0.2) is 5.69 Å². The fraction of sp³-hybridized carbons (Fsp3) is 0.188. The van der Waals surface area contributed by atoms with Crippen LogP contribution in [0.15, 0.2) is 35.8 Å². The maximum atomic E-state index is 13.0. The van der Waals surface area contributed by atoms with Crippen molar-refractivity contribution in [2.24, 2.45) is 0 Å². The molecule has 0 spiro atoms. The van der Waals surface area contributed by atoms with Crippen LogP contribution < -0.4 is 5.32 Å². The predicted octanol–water partition coefficient (Wildman–Crippen LogP) is 4.73. The van der Waals surface area contributed by atoms with Crippen LogP contribution in [0.25, 0.3) is 16.2 Å². The Balaban J connectivity index is 1.39. The highest BCUT2D eigenvalue weighted by molar-refractivity contribution is 7.20. The number of anilines is 1. The Morgan fingerprint density at radius 1 is 1.11 bits per heavy atom. The molecule has 5 nitrogen and oxygen atoms in total. The summed E-state index contributed by atoms with van der Waals surface area (Å²) in [5.74, 6) is -0.313. The maximum absolute atomic E-state index is 13.0. The number of hydrogen-bond donors (Lipinski definition) is 1. The van der Waals surface area contributed by atoms with Gasteiger partial charge in [-0.25, -0.2) is 18.9 Å². The summed E-state index contributed by atoms with van der Waals surface area (Å²) >= 11 is 2.31. The average Bonchev–Trinajstić information content (AvgIpc) is 3.29. The highest BCUT2D eigenvalue weighted by atomic mass is 32.1. The molecule has 4 rings (SSSR count). The number of alkyl halides is 3. The topological polar surface area (TPSA) is 55.1 Å². The zero-order valence-electron chi connectivity index (χ0n) is 13.5. The summed E-state index contributed by atoms with van der Waals surface area (Å²) in [6.45, 7) is 0.409. The molecule has 0 bridgehead atoms. The Hall–Kier alpha value is -2.53. The standard InChI is InChI=1S/C16H11F4N5S2/c17-10-3-1-9(2-4-10)11-7-25-15(22-11)27-14(24-25)21-6-5-13-23-12(8-26-13)16(18,19)20/h1-4,7-8H,5-6H2,(H,21,24). The Bertz CT molecular complexity index is 1030. The van der Waals surface area contributed by atoms with Crippen LogP contribution in [0.3, 0.4) is 0 Å². The normalized spacial score (nSPS) is 12.0. The second kappa shape index (κ2) is 6.89. The Morgan fingerprint density at radius 3 is 2.56 bits per heavy atom. The number of fused-ring (bicyclic) bond motifs is 1. The van der Waals surface area contributed by atoms with Gasteiger partial charge in [0.2, 0.25) is 10.1 Å². The molecule has 140 valence electrons. The molecule has 1 N–H and O–H groups in total. The quantitative estimate of drug-likeness (QED) is 0.481. The van der Waals surface area contributed by atoms with E-state index in [2.05, 4.69) is 20.4 Å². The van der Waals surface area contributed by atoms with Crippen LogP contribution in [-0.2, 0) is 12.6 Å². The van der Waals surface area contributed by atoms with E-state index in [1.165, 1.54) is 23.5 Å². The summed E-state index contributed by atoms with van der Waals surface area (Å²) in [6.07, 6.45) is -2.31. The largest absolute Gasteiger partial charge is 0.434 e. The molecular formula is C16H11F4N5S2. The van der Waals surface area contributed by atoms with Gasteiger partial charge in [0.05, 0.1) is 16.9 Å². The zero-order valence-corrected chi connectivity index (χ0v) is 15.1. The van der Waals surface area contributed by atoms with Crippen LogP contribution in [-0.4, -0.2) is 26.1 Å². The van der Waals surface area contributed by atoms with Crippen molar-refractivity contribution in [3.8, 4) is 11.3 Å². The van der Waals surface area contributed by atoms with Gasteiger partial charge in [-0.15, -0.1) is 16.4 Å². The monoisotopic (exact) mass is 413 g/mol. The van der Waals surface area contributed by atoms with Crippen LogP contribution in [0, 0.1) is 5.82 Å². The molecule has 0 aliphatic heterocycles. The van der Waals surface area contributed by atoms with Crippen LogP contribution in [0.4, 0.5) is 22.7 Å². The van der Waals surface area contributed by atoms with E-state index in [4.69, 9.17) is 0 Å². The molecule has 1 aromatic carbocycles. The molecule has 0 saturated carbocycles. The first kappa shape index (κ1) is 17.9. The van der Waals surface area contributed by atoms with E-state index in [0.29, 0.717) is 33.8 Å². The van der Waals surface area contributed by atoms with Crippen LogP contribution >= 0.6 is 22.7 Å². The van der Waals surface area contributed by atoms with E-state index in [9.17, 15) is 17.6 Å². The van der Waals surface area contributed by atoms with E-state index in [-0.39, 0.29) is 5.82 Å². The van der Waals surface area contributed by atoms with Crippen LogP contribution in [0.2, 0.25) is 0 Å². The third-order valence-electron chi connectivity index (χ3n) is 3.64. The predicted molar refractivity (Wildman–Crippen MR) is 95.6 cm³/mol. The van der Waals surface area contributed by atoms with Crippen LogP contribution in [0.1, 0.15) is 10.7 Å². The van der Waals surface area contributed by atoms with Gasteiger partial charge >= 0.3 is 6.18 Å². The minimum Gasteiger partial charge on any atom is -0.360 e. The molecule has 3 heterocycles. The second-order valence-electron chi connectivity index (χ2n) is 5.57. The smallest absolute Gasteiger partial charge is 0.360 e. The lowest BCUT2D eigenvalue weighted by molar-refractivity contribution is -0.140. The van der Waals surface area contributed by atoms with Gasteiger partial charge in [0.25, 0.3) is 0 Å². The fourth-order valence-electron chi connectivity index (χ4n) is 2.36. The van der Waals surface area contributed by atoms with E-state index in [1.54, 1.807) is 22.8 Å². The molecule has 0 amide bonds. The highest BCUT2D eigenvalue weighted by Crippen LogP contribution is 2.30. The molecule has 0 atom stereocenters. The molecule has 0 aliphatic rings. The molecule has 0 radical (unpaired) electrons. The molecular weight excluding hydrogens is 402 g/mol. The summed E-state index contributed by atoms with van der Waals surface area (Å²) in [5, 5.41) is 9.44. The van der Waals surface area contributed by atoms with E-state index >= 15 is 0 Å². The SMILES string of the molecule is Fc1ccc(-c2cn3nc(NCCc4nc(C(F)(F)F)cs4)sc3n2)cc1. The number of benzene rings is 1. The molecule has 0 fully saturated rings. The van der Waals surface area contributed by atoms with Gasteiger partial charge in [0, 0.05) is 23.9 Å². The van der Waals surface area contributed by atoms with Gasteiger partial charge in [-0.3, -0.25) is 0 Å². The molecule has 4 aromatic rings. The van der Waals surface area contributed by atoms with Crippen molar-refractivity contribution in [1.82, 2.24) is 19.6 Å². The molecule has 0 saturated heterocycles. The Kier molecular flexibility index (Phi) is 4.56. The summed E-state index contributed by atoms with van der Waals surface area (Å²) < 4.78 is 52.2. The lowest BCUT2D eigenvalue weighted by atomic mass is 10.2. The molecule has 0 aliphatic carbocycles. The zero-order chi connectivity index (χ0) is 19.0. The van der Waals surface area contributed by atoms with Crippen molar-refractivity contribution in [3.63, 3.8) is 0 Å². The summed E-state index contributed by atoms with van der Waals surface area (Å²) in [6, 6.07) is 6.02. The first-order valence-electron chi connectivity index (χ1n) is 7.76. The van der Waals surface area contributed by atoms with Gasteiger partial charge in [-0.1, -0.05) is 11.3 Å². The fourth-order valence-corrected chi connectivity index (χ4v) is 3.98. The van der Waals surface area contributed by atoms with Crippen molar-refractivity contribution >= 4 is 32.8 Å². The number of imidazole rings is 1. The number of hydrogen-bond acceptors (Lipinski definition) is 6. The molecule has 0 unspecified atom stereocenters. The first-order valence-corrected chi connectivity index (χ1v) is 9.46. The van der Waals surface area contributed by atoms with Crippen LogP contribution in [0.5, 0.6) is 0 Å². The van der Waals surface area contributed by atoms with Gasteiger partial charge in [-0.05, 0) is 24.3 Å².